The molecule has 0 aliphatic heterocycles. The molecule has 2 aromatic carbocycles. The molecular formula is C36H39ClN2O3. The Morgan fingerprint density at radius 2 is 1.69 bits per heavy atom. The molecule has 1 amide bonds. The zero-order chi connectivity index (χ0) is 31.2. The lowest BCUT2D eigenvalue weighted by molar-refractivity contribution is -0.149. The molecule has 6 heteroatoms. The topological polar surface area (TPSA) is 60.3 Å². The minimum absolute atomic E-state index is 0.140. The number of aryl methyl sites for hydroxylation is 1. The summed E-state index contributed by atoms with van der Waals surface area (Å²) in [5, 5.41) is 4.65. The Labute approximate surface area is 254 Å². The number of carbonyl (C=O) groups excluding carboxylic acids is 2. The molecule has 0 bridgehead atoms. The van der Waals surface area contributed by atoms with E-state index < -0.39 is 11.6 Å². The molecule has 5 nitrogen and oxygen atoms in total. The number of nitrogens with one attached hydrogen (secondary N) is 1. The van der Waals surface area contributed by atoms with Crippen molar-refractivity contribution in [2.75, 3.05) is 0 Å². The van der Waals surface area contributed by atoms with E-state index in [4.69, 9.17) is 16.3 Å². The third-order valence-corrected chi connectivity index (χ3v) is 7.02. The molecule has 0 unspecified atom stereocenters. The number of amides is 1. The molecule has 3 aromatic rings. The Morgan fingerprint density at radius 1 is 1.02 bits per heavy atom. The van der Waals surface area contributed by atoms with Gasteiger partial charge in [-0.1, -0.05) is 68.3 Å². The van der Waals surface area contributed by atoms with Crippen molar-refractivity contribution in [3.05, 3.63) is 143 Å². The third kappa shape index (κ3) is 8.11. The van der Waals surface area contributed by atoms with Crippen molar-refractivity contribution in [3.8, 4) is 0 Å². The van der Waals surface area contributed by atoms with Crippen LogP contribution in [0.1, 0.15) is 48.0 Å². The number of allylic oxidation sites excluding steroid dienone is 6. The molecule has 218 valence electrons. The quantitative estimate of drug-likeness (QED) is 0.140. The number of halogens is 1. The van der Waals surface area contributed by atoms with Crippen molar-refractivity contribution in [1.82, 2.24) is 9.88 Å². The normalized spacial score (nSPS) is 11.9. The lowest BCUT2D eigenvalue weighted by atomic mass is 9.99. The molecule has 0 aliphatic rings. The summed E-state index contributed by atoms with van der Waals surface area (Å²) in [6.45, 7) is 26.6. The third-order valence-electron chi connectivity index (χ3n) is 6.76. The maximum Gasteiger partial charge on any atom is 0.339 e. The second-order valence-electron chi connectivity index (χ2n) is 11.2. The highest BCUT2D eigenvalue weighted by atomic mass is 35.5. The van der Waals surface area contributed by atoms with Gasteiger partial charge in [-0.3, -0.25) is 4.79 Å². The van der Waals surface area contributed by atoms with Crippen LogP contribution >= 0.6 is 11.6 Å². The summed E-state index contributed by atoms with van der Waals surface area (Å²) >= 11 is 5.95. The second-order valence-corrected chi connectivity index (χ2v) is 11.6. The lowest BCUT2D eigenvalue weighted by Crippen LogP contribution is -2.25. The molecule has 0 spiro atoms. The van der Waals surface area contributed by atoms with Gasteiger partial charge in [-0.2, -0.15) is 0 Å². The number of benzene rings is 2. The maximum atomic E-state index is 12.9. The Hall–Kier alpha value is -4.35. The van der Waals surface area contributed by atoms with Crippen molar-refractivity contribution in [2.45, 2.75) is 53.3 Å². The number of aromatic nitrogens is 1. The maximum absolute atomic E-state index is 12.9. The number of rotatable bonds is 11. The second kappa shape index (κ2) is 13.5. The van der Waals surface area contributed by atoms with E-state index in [-0.39, 0.29) is 5.91 Å². The highest BCUT2D eigenvalue weighted by Crippen LogP contribution is 2.28. The van der Waals surface area contributed by atoms with E-state index in [0.717, 1.165) is 33.3 Å². The highest BCUT2D eigenvalue weighted by molar-refractivity contribution is 6.30. The van der Waals surface area contributed by atoms with Crippen molar-refractivity contribution in [2.24, 2.45) is 0 Å². The molecule has 0 saturated carbocycles. The number of fused-ring (bicyclic) bond motifs is 1. The minimum atomic E-state index is -0.638. The van der Waals surface area contributed by atoms with Gasteiger partial charge in [0, 0.05) is 40.3 Å². The fraction of sp³-hybridized carbons (Fsp3) is 0.222. The van der Waals surface area contributed by atoms with Crippen molar-refractivity contribution < 1.29 is 14.3 Å². The Balaban J connectivity index is 1.73. The molecule has 42 heavy (non-hydrogen) atoms. The van der Waals surface area contributed by atoms with E-state index in [2.05, 4.69) is 50.0 Å². The molecule has 0 fully saturated rings. The SMILES string of the molecule is C=C/C=C(\C(=C)C(=C)/C=C\C(=C)Cn1c(C)c(C)c2cc(C(=O)NCc3ccc(Cl)cc3)ccc21)C(=O)OC(C)(C)C. The van der Waals surface area contributed by atoms with Gasteiger partial charge in [0.15, 0.2) is 0 Å². The number of hydrogen-bond donors (Lipinski definition) is 1. The van der Waals surface area contributed by atoms with Gasteiger partial charge in [0.25, 0.3) is 5.91 Å². The van der Waals surface area contributed by atoms with Gasteiger partial charge >= 0.3 is 5.97 Å². The number of esters is 1. The largest absolute Gasteiger partial charge is 0.456 e. The van der Waals surface area contributed by atoms with Crippen LogP contribution in [0.25, 0.3) is 10.9 Å². The first-order valence-corrected chi connectivity index (χ1v) is 14.0. The Bertz CT molecular complexity index is 1630. The standard InChI is InChI=1S/C36H39ClN2O3/c1-10-11-31(35(41)42-36(7,8)9)25(4)24(3)13-12-23(2)22-39-27(6)26(5)32-20-29(16-19-33(32)39)34(40)38-21-28-14-17-30(37)18-15-28/h10-20H,1-4,21-22H2,5-9H3,(H,38,40)/b13-12-,31-11+. The monoisotopic (exact) mass is 582 g/mol. The van der Waals surface area contributed by atoms with Crippen LogP contribution in [0.15, 0.2) is 115 Å². The van der Waals surface area contributed by atoms with E-state index in [0.29, 0.717) is 40.4 Å². The average molecular weight is 583 g/mol. The Morgan fingerprint density at radius 3 is 2.31 bits per heavy atom. The van der Waals surface area contributed by atoms with E-state index in [1.54, 1.807) is 24.3 Å². The van der Waals surface area contributed by atoms with Crippen molar-refractivity contribution in [1.29, 1.82) is 0 Å². The molecule has 0 atom stereocenters. The summed E-state index contributed by atoms with van der Waals surface area (Å²) < 4.78 is 7.69. The summed E-state index contributed by atoms with van der Waals surface area (Å²) in [6.07, 6.45) is 6.77. The van der Waals surface area contributed by atoms with Crippen LogP contribution < -0.4 is 5.32 Å². The predicted molar refractivity (Wildman–Crippen MR) is 175 cm³/mol. The van der Waals surface area contributed by atoms with Crippen LogP contribution in [0, 0.1) is 13.8 Å². The molecule has 3 rings (SSSR count). The first-order chi connectivity index (χ1) is 19.7. The van der Waals surface area contributed by atoms with Gasteiger partial charge in [0.05, 0.1) is 5.57 Å². The van der Waals surface area contributed by atoms with E-state index in [1.165, 1.54) is 6.08 Å². The number of nitrogens with zero attached hydrogens (tertiary/aromatic N) is 1. The van der Waals surface area contributed by atoms with E-state index in [9.17, 15) is 9.59 Å². The summed E-state index contributed by atoms with van der Waals surface area (Å²) in [6, 6.07) is 13.1. The highest BCUT2D eigenvalue weighted by Gasteiger charge is 2.22. The molecular weight excluding hydrogens is 544 g/mol. The minimum Gasteiger partial charge on any atom is -0.456 e. The number of hydrogen-bond acceptors (Lipinski definition) is 3. The first kappa shape index (κ1) is 32.2. The van der Waals surface area contributed by atoms with Crippen LogP contribution in [0.3, 0.4) is 0 Å². The molecule has 0 saturated heterocycles. The van der Waals surface area contributed by atoms with Crippen molar-refractivity contribution in [3.63, 3.8) is 0 Å². The van der Waals surface area contributed by atoms with Crippen LogP contribution in [-0.4, -0.2) is 22.0 Å². The number of ether oxygens (including phenoxy) is 1. The molecule has 1 aromatic heterocycles. The lowest BCUT2D eigenvalue weighted by Gasteiger charge is -2.21. The summed E-state index contributed by atoms with van der Waals surface area (Å²) in [7, 11) is 0. The fourth-order valence-electron chi connectivity index (χ4n) is 4.37. The Kier molecular flexibility index (Phi) is 10.4. The van der Waals surface area contributed by atoms with Gasteiger partial charge in [-0.15, -0.1) is 0 Å². The summed E-state index contributed by atoms with van der Waals surface area (Å²) in [5.41, 5.74) is 6.28. The van der Waals surface area contributed by atoms with Gasteiger partial charge in [-0.25, -0.2) is 4.79 Å². The fourth-order valence-corrected chi connectivity index (χ4v) is 4.50. The van der Waals surface area contributed by atoms with Crippen molar-refractivity contribution >= 4 is 34.4 Å². The molecule has 1 N–H and O–H groups in total. The average Bonchev–Trinajstić information content (AvgIpc) is 3.16. The smallest absolute Gasteiger partial charge is 0.339 e. The van der Waals surface area contributed by atoms with Gasteiger partial charge in [-0.05, 0) is 98.9 Å². The van der Waals surface area contributed by atoms with Crippen LogP contribution in [0.5, 0.6) is 0 Å². The zero-order valence-electron chi connectivity index (χ0n) is 25.1. The van der Waals surface area contributed by atoms with Gasteiger partial charge in [0.1, 0.15) is 5.60 Å². The molecule has 0 aliphatic carbocycles. The first-order valence-electron chi connectivity index (χ1n) is 13.6. The van der Waals surface area contributed by atoms with Crippen LogP contribution in [0.4, 0.5) is 0 Å². The molecule has 0 radical (unpaired) electrons. The van der Waals surface area contributed by atoms with Gasteiger partial charge in [0.2, 0.25) is 0 Å². The van der Waals surface area contributed by atoms with E-state index in [1.807, 2.05) is 57.2 Å². The predicted octanol–water partition coefficient (Wildman–Crippen LogP) is 8.52. The van der Waals surface area contributed by atoms with Crippen LogP contribution in [-0.2, 0) is 22.6 Å². The molecule has 1 heterocycles. The summed E-state index contributed by atoms with van der Waals surface area (Å²) in [4.78, 5) is 25.6. The number of carbonyl (C=O) groups is 2. The zero-order valence-corrected chi connectivity index (χ0v) is 25.9. The van der Waals surface area contributed by atoms with E-state index >= 15 is 0 Å². The summed E-state index contributed by atoms with van der Waals surface area (Å²) in [5.74, 6) is -0.622. The van der Waals surface area contributed by atoms with Gasteiger partial charge < -0.3 is 14.6 Å². The van der Waals surface area contributed by atoms with Crippen LogP contribution in [0.2, 0.25) is 5.02 Å².